The molecule has 1 amide bonds. The van der Waals surface area contributed by atoms with Crippen LogP contribution in [0.1, 0.15) is 37.9 Å². The highest BCUT2D eigenvalue weighted by Crippen LogP contribution is 2.24. The maximum atomic E-state index is 12.5. The summed E-state index contributed by atoms with van der Waals surface area (Å²) in [5, 5.41) is 10.9. The van der Waals surface area contributed by atoms with E-state index in [9.17, 15) is 9.90 Å². The number of nitrogens with zero attached hydrogens (tertiary/aromatic N) is 4. The third kappa shape index (κ3) is 4.12. The molecule has 1 N–H and O–H groups in total. The van der Waals surface area contributed by atoms with Crippen LogP contribution in [0, 0.1) is 6.92 Å². The van der Waals surface area contributed by atoms with E-state index in [1.54, 1.807) is 6.20 Å². The van der Waals surface area contributed by atoms with E-state index in [1.165, 1.54) is 12.8 Å². The van der Waals surface area contributed by atoms with Crippen molar-refractivity contribution in [2.24, 2.45) is 0 Å². The van der Waals surface area contributed by atoms with Crippen LogP contribution in [0.4, 0.5) is 0 Å². The fourth-order valence-electron chi connectivity index (χ4n) is 3.83. The van der Waals surface area contributed by atoms with Crippen LogP contribution in [-0.2, 0) is 11.3 Å². The fourth-order valence-corrected chi connectivity index (χ4v) is 3.83. The van der Waals surface area contributed by atoms with Crippen LogP contribution >= 0.6 is 0 Å². The lowest BCUT2D eigenvalue weighted by molar-refractivity contribution is -0.139. The highest BCUT2D eigenvalue weighted by atomic mass is 16.3. The van der Waals surface area contributed by atoms with Gasteiger partial charge < -0.3 is 19.5 Å². The van der Waals surface area contributed by atoms with Gasteiger partial charge >= 0.3 is 0 Å². The number of aromatic nitrogens is 2. The van der Waals surface area contributed by atoms with E-state index in [0.29, 0.717) is 26.1 Å². The summed E-state index contributed by atoms with van der Waals surface area (Å²) in [6, 6.07) is 0. The molecule has 0 radical (unpaired) electrons. The van der Waals surface area contributed by atoms with E-state index in [0.717, 1.165) is 38.3 Å². The van der Waals surface area contributed by atoms with Crippen molar-refractivity contribution >= 4 is 5.91 Å². The second-order valence-corrected chi connectivity index (χ2v) is 7.04. The minimum atomic E-state index is -0.733. The summed E-state index contributed by atoms with van der Waals surface area (Å²) in [6.45, 7) is 6.71. The van der Waals surface area contributed by atoms with Crippen LogP contribution in [0.15, 0.2) is 12.4 Å². The number of hydrogen-bond donors (Lipinski definition) is 1. The van der Waals surface area contributed by atoms with Crippen molar-refractivity contribution in [3.8, 4) is 0 Å². The SMILES string of the molecule is Cc1nccn1CCC(=O)N1CCCC(O)(CN2CCCC2)C1. The Morgan fingerprint density at radius 3 is 2.78 bits per heavy atom. The standard InChI is InChI=1S/C17H28N4O2/c1-15-18-7-12-20(15)11-5-16(22)21-10-4-6-17(23,14-21)13-19-8-2-3-9-19/h7,12,23H,2-6,8-11,13-14H2,1H3. The Morgan fingerprint density at radius 1 is 1.30 bits per heavy atom. The molecule has 1 aromatic rings. The van der Waals surface area contributed by atoms with E-state index in [2.05, 4.69) is 9.88 Å². The second kappa shape index (κ2) is 7.01. The van der Waals surface area contributed by atoms with Crippen molar-refractivity contribution in [1.29, 1.82) is 0 Å². The van der Waals surface area contributed by atoms with E-state index in [4.69, 9.17) is 0 Å². The zero-order valence-electron chi connectivity index (χ0n) is 14.1. The number of aliphatic hydroxyl groups is 1. The average Bonchev–Trinajstić information content (AvgIpc) is 3.16. The van der Waals surface area contributed by atoms with Gasteiger partial charge in [0.05, 0.1) is 12.1 Å². The Bertz CT molecular complexity index is 538. The second-order valence-electron chi connectivity index (χ2n) is 7.04. The molecule has 23 heavy (non-hydrogen) atoms. The molecule has 0 saturated carbocycles. The summed E-state index contributed by atoms with van der Waals surface area (Å²) in [5.74, 6) is 1.07. The smallest absolute Gasteiger partial charge is 0.224 e. The number of likely N-dealkylation sites (tertiary alicyclic amines) is 2. The van der Waals surface area contributed by atoms with Gasteiger partial charge in [-0.05, 0) is 45.7 Å². The van der Waals surface area contributed by atoms with Crippen LogP contribution < -0.4 is 0 Å². The molecule has 2 fully saturated rings. The molecule has 2 aliphatic heterocycles. The van der Waals surface area contributed by atoms with Gasteiger partial charge in [-0.15, -0.1) is 0 Å². The van der Waals surface area contributed by atoms with Gasteiger partial charge in [0.1, 0.15) is 5.82 Å². The summed E-state index contributed by atoms with van der Waals surface area (Å²) < 4.78 is 2.00. The van der Waals surface area contributed by atoms with Gasteiger partial charge in [0.15, 0.2) is 0 Å². The predicted molar refractivity (Wildman–Crippen MR) is 88.0 cm³/mol. The molecule has 2 saturated heterocycles. The highest BCUT2D eigenvalue weighted by molar-refractivity contribution is 5.76. The van der Waals surface area contributed by atoms with Gasteiger partial charge in [0.2, 0.25) is 5.91 Å². The third-order valence-electron chi connectivity index (χ3n) is 5.11. The Kier molecular flexibility index (Phi) is 5.02. The van der Waals surface area contributed by atoms with Crippen molar-refractivity contribution in [2.75, 3.05) is 32.7 Å². The molecule has 3 heterocycles. The first kappa shape index (κ1) is 16.5. The Labute approximate surface area is 138 Å². The number of β-amino-alcohol motifs (C(OH)–C–C–N with tert-alkyl or cyclic N) is 1. The quantitative estimate of drug-likeness (QED) is 0.880. The molecule has 0 spiro atoms. The van der Waals surface area contributed by atoms with E-state index >= 15 is 0 Å². The summed E-state index contributed by atoms with van der Waals surface area (Å²) >= 11 is 0. The zero-order chi connectivity index (χ0) is 16.3. The predicted octanol–water partition coefficient (Wildman–Crippen LogP) is 1.03. The number of aryl methyl sites for hydroxylation is 2. The maximum Gasteiger partial charge on any atom is 0.224 e. The molecule has 1 aromatic heterocycles. The molecule has 6 nitrogen and oxygen atoms in total. The first-order valence-corrected chi connectivity index (χ1v) is 8.76. The Morgan fingerprint density at radius 2 is 2.09 bits per heavy atom. The number of imidazole rings is 1. The molecule has 0 bridgehead atoms. The summed E-state index contributed by atoms with van der Waals surface area (Å²) in [4.78, 5) is 20.9. The van der Waals surface area contributed by atoms with Gasteiger partial charge in [-0.25, -0.2) is 4.98 Å². The number of carbonyl (C=O) groups excluding carboxylic acids is 1. The first-order valence-electron chi connectivity index (χ1n) is 8.76. The monoisotopic (exact) mass is 320 g/mol. The number of piperidine rings is 1. The lowest BCUT2D eigenvalue weighted by atomic mass is 9.92. The van der Waals surface area contributed by atoms with Gasteiger partial charge in [0.25, 0.3) is 0 Å². The molecule has 1 atom stereocenters. The van der Waals surface area contributed by atoms with Gasteiger partial charge in [-0.1, -0.05) is 0 Å². The van der Waals surface area contributed by atoms with Crippen molar-refractivity contribution in [3.05, 3.63) is 18.2 Å². The minimum absolute atomic E-state index is 0.137. The van der Waals surface area contributed by atoms with Crippen molar-refractivity contribution in [3.63, 3.8) is 0 Å². The first-order chi connectivity index (χ1) is 11.1. The van der Waals surface area contributed by atoms with Crippen molar-refractivity contribution < 1.29 is 9.90 Å². The summed E-state index contributed by atoms with van der Waals surface area (Å²) in [5.41, 5.74) is -0.733. The molecule has 128 valence electrons. The topological polar surface area (TPSA) is 61.6 Å². The molecule has 0 aromatic carbocycles. The minimum Gasteiger partial charge on any atom is -0.387 e. The third-order valence-corrected chi connectivity index (χ3v) is 5.11. The number of rotatable bonds is 5. The molecule has 0 aliphatic carbocycles. The Hall–Kier alpha value is -1.40. The lowest BCUT2D eigenvalue weighted by Gasteiger charge is -2.41. The fraction of sp³-hybridized carbons (Fsp3) is 0.765. The molecule has 3 rings (SSSR count). The molecule has 1 unspecified atom stereocenters. The normalized spacial score (nSPS) is 25.9. The summed E-state index contributed by atoms with van der Waals surface area (Å²) in [6.07, 6.45) is 8.27. The van der Waals surface area contributed by atoms with Crippen LogP contribution in [0.5, 0.6) is 0 Å². The molecule has 2 aliphatic rings. The zero-order valence-corrected chi connectivity index (χ0v) is 14.1. The van der Waals surface area contributed by atoms with E-state index < -0.39 is 5.60 Å². The van der Waals surface area contributed by atoms with E-state index in [-0.39, 0.29) is 5.91 Å². The number of amides is 1. The van der Waals surface area contributed by atoms with E-state index in [1.807, 2.05) is 22.6 Å². The van der Waals surface area contributed by atoms with Crippen LogP contribution in [0.25, 0.3) is 0 Å². The van der Waals surface area contributed by atoms with Crippen LogP contribution in [-0.4, -0.2) is 68.7 Å². The van der Waals surface area contributed by atoms with Crippen molar-refractivity contribution in [1.82, 2.24) is 19.4 Å². The van der Waals surface area contributed by atoms with Crippen molar-refractivity contribution in [2.45, 2.75) is 51.2 Å². The summed E-state index contributed by atoms with van der Waals surface area (Å²) in [7, 11) is 0. The highest BCUT2D eigenvalue weighted by Gasteiger charge is 2.36. The van der Waals surface area contributed by atoms with Gasteiger partial charge in [-0.3, -0.25) is 4.79 Å². The van der Waals surface area contributed by atoms with Crippen LogP contribution in [0.3, 0.4) is 0 Å². The molecular formula is C17H28N4O2. The average molecular weight is 320 g/mol. The van der Waals surface area contributed by atoms with Crippen LogP contribution in [0.2, 0.25) is 0 Å². The van der Waals surface area contributed by atoms with Gasteiger partial charge in [0, 0.05) is 38.4 Å². The largest absolute Gasteiger partial charge is 0.387 e. The van der Waals surface area contributed by atoms with Gasteiger partial charge in [-0.2, -0.15) is 0 Å². The number of hydrogen-bond acceptors (Lipinski definition) is 4. The molecule has 6 heteroatoms. The lowest BCUT2D eigenvalue weighted by Crippen LogP contribution is -2.55. The Balaban J connectivity index is 1.52. The molecular weight excluding hydrogens is 292 g/mol. The maximum absolute atomic E-state index is 12.5. The number of carbonyl (C=O) groups is 1.